The standard InChI is InChI=1S/C43H56N12O7/c1-4-6-24-61-40-48-35(44)33-37(50-40)54(42(58)46-33)22-14-20-52(27-29-16-10-8-11-17-29)32(56)26-31(60-3)39(57)53(28-30-18-12-9-13-19-30)21-15-23-55-38-34(47-43(55)59)36(45)49-41(51-38)62-25-7-5-2/h8-13,16-19,31H,4-7,14-15,20-28H2,1-3H3,(H,46,58)(H,47,59)(H2,44,48,50)(H2,45,49,51). The van der Waals surface area contributed by atoms with Crippen molar-refractivity contribution in [3.63, 3.8) is 0 Å². The highest BCUT2D eigenvalue weighted by Crippen LogP contribution is 2.21. The number of fused-ring (bicyclic) bond motifs is 2. The summed E-state index contributed by atoms with van der Waals surface area (Å²) in [7, 11) is 1.41. The van der Waals surface area contributed by atoms with Crippen molar-refractivity contribution in [2.45, 2.75) is 91.1 Å². The number of anilines is 2. The van der Waals surface area contributed by atoms with E-state index in [4.69, 9.17) is 25.7 Å². The molecule has 1 unspecified atom stereocenters. The summed E-state index contributed by atoms with van der Waals surface area (Å²) in [6, 6.07) is 19.2. The van der Waals surface area contributed by atoms with Gasteiger partial charge in [-0.05, 0) is 36.8 Å². The lowest BCUT2D eigenvalue weighted by Crippen LogP contribution is -2.44. The Morgan fingerprint density at radius 2 is 1.13 bits per heavy atom. The quantitative estimate of drug-likeness (QED) is 0.0630. The number of nitrogen functional groups attached to an aromatic ring is 2. The lowest BCUT2D eigenvalue weighted by Gasteiger charge is -2.29. The van der Waals surface area contributed by atoms with E-state index in [2.05, 4.69) is 29.9 Å². The van der Waals surface area contributed by atoms with Crippen LogP contribution in [0.5, 0.6) is 12.0 Å². The van der Waals surface area contributed by atoms with Gasteiger partial charge >= 0.3 is 23.4 Å². The Morgan fingerprint density at radius 1 is 0.677 bits per heavy atom. The summed E-state index contributed by atoms with van der Waals surface area (Å²) in [6.07, 6.45) is 2.86. The first-order valence-corrected chi connectivity index (χ1v) is 21.0. The molecule has 0 saturated carbocycles. The molecule has 62 heavy (non-hydrogen) atoms. The molecular formula is C43H56N12O7. The number of nitrogens with zero attached hydrogens (tertiary/aromatic N) is 8. The van der Waals surface area contributed by atoms with Gasteiger partial charge in [0.05, 0.1) is 19.6 Å². The van der Waals surface area contributed by atoms with Gasteiger partial charge in [0.15, 0.2) is 22.9 Å². The number of nitrogens with one attached hydrogen (secondary N) is 2. The molecule has 0 fully saturated rings. The SMILES string of the molecule is CCCCOc1nc(N)c2[nH]c(=O)n(CCCN(Cc3ccccc3)C(=O)CC(OC)C(=O)N(CCCn3c(=O)[nH]c4c(N)nc(OCCCC)nc43)Cc3ccccc3)c2n1. The maximum absolute atomic E-state index is 14.4. The molecule has 0 spiro atoms. The van der Waals surface area contributed by atoms with Crippen molar-refractivity contribution in [1.82, 2.24) is 48.8 Å². The van der Waals surface area contributed by atoms with Crippen LogP contribution in [0.4, 0.5) is 11.6 Å². The summed E-state index contributed by atoms with van der Waals surface area (Å²) in [6.45, 7) is 6.32. The van der Waals surface area contributed by atoms with Gasteiger partial charge in [-0.25, -0.2) is 9.59 Å². The number of H-pyrrole nitrogens is 2. The fourth-order valence-electron chi connectivity index (χ4n) is 6.99. The van der Waals surface area contributed by atoms with E-state index in [1.807, 2.05) is 74.5 Å². The normalized spacial score (nSPS) is 11.9. The van der Waals surface area contributed by atoms with E-state index in [0.717, 1.165) is 36.8 Å². The van der Waals surface area contributed by atoms with E-state index >= 15 is 0 Å². The predicted molar refractivity (Wildman–Crippen MR) is 234 cm³/mol. The van der Waals surface area contributed by atoms with Crippen molar-refractivity contribution < 1.29 is 23.8 Å². The van der Waals surface area contributed by atoms with E-state index in [1.54, 1.807) is 9.80 Å². The van der Waals surface area contributed by atoms with Gasteiger partial charge in [-0.15, -0.1) is 0 Å². The van der Waals surface area contributed by atoms with Crippen LogP contribution in [-0.4, -0.2) is 100 Å². The van der Waals surface area contributed by atoms with Crippen molar-refractivity contribution in [2.24, 2.45) is 0 Å². The molecule has 0 bridgehead atoms. The van der Waals surface area contributed by atoms with Gasteiger partial charge in [-0.1, -0.05) is 87.4 Å². The zero-order chi connectivity index (χ0) is 44.0. The predicted octanol–water partition coefficient (Wildman–Crippen LogP) is 4.02. The number of amides is 2. The minimum atomic E-state index is -1.11. The Morgan fingerprint density at radius 3 is 1.58 bits per heavy atom. The minimum Gasteiger partial charge on any atom is -0.463 e. The topological polar surface area (TPSA) is 247 Å². The smallest absolute Gasteiger partial charge is 0.327 e. The number of benzene rings is 2. The van der Waals surface area contributed by atoms with Crippen molar-refractivity contribution >= 4 is 45.8 Å². The van der Waals surface area contributed by atoms with Crippen LogP contribution in [0.3, 0.4) is 0 Å². The van der Waals surface area contributed by atoms with Crippen molar-refractivity contribution in [2.75, 3.05) is 44.9 Å². The van der Waals surface area contributed by atoms with E-state index in [1.165, 1.54) is 16.2 Å². The van der Waals surface area contributed by atoms with Gasteiger partial charge in [-0.3, -0.25) is 18.7 Å². The Hall–Kier alpha value is -6.76. The molecule has 0 aliphatic carbocycles. The third kappa shape index (κ3) is 11.3. The molecular weight excluding hydrogens is 797 g/mol. The third-order valence-electron chi connectivity index (χ3n) is 10.4. The molecule has 6 aromatic rings. The van der Waals surface area contributed by atoms with Gasteiger partial charge in [-0.2, -0.15) is 19.9 Å². The average molecular weight is 853 g/mol. The Bertz CT molecular complexity index is 2520. The number of aromatic nitrogens is 8. The van der Waals surface area contributed by atoms with E-state index < -0.39 is 17.5 Å². The summed E-state index contributed by atoms with van der Waals surface area (Å²) in [4.78, 5) is 80.9. The number of carbonyl (C=O) groups is 2. The van der Waals surface area contributed by atoms with Crippen LogP contribution >= 0.6 is 0 Å². The molecule has 2 aromatic carbocycles. The molecule has 2 amide bonds. The second-order valence-corrected chi connectivity index (χ2v) is 14.9. The summed E-state index contributed by atoms with van der Waals surface area (Å²) < 4.78 is 20.0. The number of nitrogens with two attached hydrogens (primary N) is 2. The number of imidazole rings is 2. The number of aryl methyl sites for hydroxylation is 2. The number of carbonyl (C=O) groups excluding carboxylic acids is 2. The highest BCUT2D eigenvalue weighted by molar-refractivity contribution is 5.88. The van der Waals surface area contributed by atoms with Gasteiger partial charge in [0.25, 0.3) is 5.91 Å². The monoisotopic (exact) mass is 852 g/mol. The minimum absolute atomic E-state index is 0.0828. The zero-order valence-electron chi connectivity index (χ0n) is 35.5. The Kier molecular flexibility index (Phi) is 15.6. The first-order chi connectivity index (χ1) is 30.1. The van der Waals surface area contributed by atoms with E-state index in [-0.39, 0.29) is 81.2 Å². The fraction of sp³-hybridized carbons (Fsp3) is 0.442. The van der Waals surface area contributed by atoms with Crippen molar-refractivity contribution in [3.8, 4) is 12.0 Å². The molecule has 19 heteroatoms. The van der Waals surface area contributed by atoms with Gasteiger partial charge < -0.3 is 45.4 Å². The first kappa shape index (κ1) is 44.8. The number of methoxy groups -OCH3 is 1. The van der Waals surface area contributed by atoms with Gasteiger partial charge in [0.1, 0.15) is 17.1 Å². The lowest BCUT2D eigenvalue weighted by molar-refractivity contribution is -0.148. The molecule has 6 N–H and O–H groups in total. The average Bonchev–Trinajstić information content (AvgIpc) is 3.77. The zero-order valence-corrected chi connectivity index (χ0v) is 35.5. The third-order valence-corrected chi connectivity index (χ3v) is 10.4. The van der Waals surface area contributed by atoms with Crippen LogP contribution in [0.2, 0.25) is 0 Å². The van der Waals surface area contributed by atoms with Crippen LogP contribution in [0, 0.1) is 0 Å². The molecule has 4 aromatic heterocycles. The van der Waals surface area contributed by atoms with Gasteiger partial charge in [0, 0.05) is 46.4 Å². The van der Waals surface area contributed by atoms with Crippen LogP contribution < -0.4 is 32.3 Å². The fourth-order valence-corrected chi connectivity index (χ4v) is 6.99. The highest BCUT2D eigenvalue weighted by atomic mass is 16.5. The molecule has 0 aliphatic rings. The Labute approximate surface area is 358 Å². The highest BCUT2D eigenvalue weighted by Gasteiger charge is 2.29. The summed E-state index contributed by atoms with van der Waals surface area (Å²) in [5, 5.41) is 0. The second-order valence-electron chi connectivity index (χ2n) is 14.9. The molecule has 0 saturated heterocycles. The number of aromatic amines is 2. The summed E-state index contributed by atoms with van der Waals surface area (Å²) >= 11 is 0. The maximum Gasteiger partial charge on any atom is 0.327 e. The Balaban J connectivity index is 1.17. The molecule has 4 heterocycles. The molecule has 0 aliphatic heterocycles. The maximum atomic E-state index is 14.4. The molecule has 6 rings (SSSR count). The first-order valence-electron chi connectivity index (χ1n) is 21.0. The van der Waals surface area contributed by atoms with E-state index in [0.29, 0.717) is 48.4 Å². The lowest BCUT2D eigenvalue weighted by atomic mass is 10.1. The van der Waals surface area contributed by atoms with Crippen LogP contribution in [0.15, 0.2) is 70.3 Å². The molecule has 1 atom stereocenters. The van der Waals surface area contributed by atoms with E-state index in [9.17, 15) is 19.2 Å². The van der Waals surface area contributed by atoms with Crippen molar-refractivity contribution in [3.05, 3.63) is 92.8 Å². The number of unbranched alkanes of at least 4 members (excludes halogenated alkanes) is 2. The number of ether oxygens (including phenoxy) is 3. The van der Waals surface area contributed by atoms with Crippen LogP contribution in [0.1, 0.15) is 69.9 Å². The van der Waals surface area contributed by atoms with Crippen LogP contribution in [0.25, 0.3) is 22.3 Å². The van der Waals surface area contributed by atoms with Gasteiger partial charge in [0.2, 0.25) is 5.91 Å². The summed E-state index contributed by atoms with van der Waals surface area (Å²) in [5.41, 5.74) is 14.5. The number of rotatable bonds is 24. The number of hydrogen-bond donors (Lipinski definition) is 4. The molecule has 19 nitrogen and oxygen atoms in total. The molecule has 330 valence electrons. The molecule has 0 radical (unpaired) electrons. The van der Waals surface area contributed by atoms with Crippen molar-refractivity contribution in [1.29, 1.82) is 0 Å². The largest absolute Gasteiger partial charge is 0.463 e. The van der Waals surface area contributed by atoms with Crippen LogP contribution in [-0.2, 0) is 40.5 Å². The summed E-state index contributed by atoms with van der Waals surface area (Å²) in [5.74, 6) is -0.491. The number of hydrogen-bond acceptors (Lipinski definition) is 13. The second kappa shape index (κ2) is 21.7.